The van der Waals surface area contributed by atoms with E-state index in [0.717, 1.165) is 56.4 Å². The Morgan fingerprint density at radius 3 is 1.33 bits per heavy atom. The molecule has 0 radical (unpaired) electrons. The van der Waals surface area contributed by atoms with Crippen LogP contribution in [-0.4, -0.2) is 13.7 Å². The Labute approximate surface area is 492 Å². The van der Waals surface area contributed by atoms with Gasteiger partial charge in [-0.1, -0.05) is 204 Å². The molecule has 1 aliphatic rings. The van der Waals surface area contributed by atoms with Crippen molar-refractivity contribution in [2.24, 2.45) is 0 Å². The van der Waals surface area contributed by atoms with E-state index in [1.165, 1.54) is 71.6 Å². The topological polar surface area (TPSA) is 21.3 Å². The van der Waals surface area contributed by atoms with Crippen LogP contribution in [0.5, 0.6) is 0 Å². The van der Waals surface area contributed by atoms with Crippen LogP contribution in [0, 0.1) is 0 Å². The van der Waals surface area contributed by atoms with Gasteiger partial charge in [0.25, 0.3) is 0 Å². The van der Waals surface area contributed by atoms with Crippen LogP contribution in [0.25, 0.3) is 71.8 Å². The van der Waals surface area contributed by atoms with E-state index in [0.29, 0.717) is 0 Å². The summed E-state index contributed by atoms with van der Waals surface area (Å²) in [5.41, 5.74) is 20.9. The lowest BCUT2D eigenvalue weighted by atomic mass is 10.0. The van der Waals surface area contributed by atoms with Gasteiger partial charge < -0.3 is 23.5 Å². The van der Waals surface area contributed by atoms with Gasteiger partial charge in [0.15, 0.2) is 0 Å². The molecule has 16 rings (SSSR count). The molecule has 0 spiro atoms. The molecular weight excluding hydrogens is 1070 g/mol. The van der Waals surface area contributed by atoms with Gasteiger partial charge in [-0.05, 0) is 150 Å². The molecule has 15 aromatic rings. The van der Waals surface area contributed by atoms with Gasteiger partial charge in [0, 0.05) is 96.0 Å². The quantitative estimate of drug-likeness (QED) is 0.144. The van der Waals surface area contributed by atoms with Crippen LogP contribution in [0.2, 0.25) is 0 Å². The maximum absolute atomic E-state index is 3.55. The first kappa shape index (κ1) is 50.8. The van der Waals surface area contributed by atoms with Crippen LogP contribution in [0.4, 0.5) is 34.1 Å². The molecule has 3 heterocycles. The van der Waals surface area contributed by atoms with E-state index in [9.17, 15) is 0 Å². The summed E-state index contributed by atoms with van der Waals surface area (Å²) in [5.74, 6) is 0. The molecule has 12 aromatic carbocycles. The minimum absolute atomic E-state index is 1.03. The zero-order valence-corrected chi connectivity index (χ0v) is 47.1. The van der Waals surface area contributed by atoms with E-state index in [-0.39, 0.29) is 0 Å². The second-order valence-corrected chi connectivity index (χ2v) is 21.6. The molecule has 0 saturated carbocycles. The normalized spacial score (nSPS) is 11.4. The van der Waals surface area contributed by atoms with Crippen LogP contribution in [0.15, 0.2) is 332 Å². The van der Waals surface area contributed by atoms with Gasteiger partial charge in [-0.2, -0.15) is 0 Å². The Morgan fingerprint density at radius 1 is 0.301 bits per heavy atom. The van der Waals surface area contributed by atoms with E-state index < -0.39 is 0 Å². The molecule has 0 atom stereocenters. The zero-order valence-electron chi connectivity index (χ0n) is 45.5. The molecule has 0 unspecified atom stereocenters. The maximum atomic E-state index is 3.55. The molecular formula is C77H56BrN5. The van der Waals surface area contributed by atoms with Gasteiger partial charge >= 0.3 is 0 Å². The van der Waals surface area contributed by atoms with E-state index in [2.05, 4.69) is 349 Å². The average Bonchev–Trinajstić information content (AvgIpc) is 3.20. The monoisotopic (exact) mass is 1130 g/mol. The lowest BCUT2D eigenvalue weighted by Crippen LogP contribution is -2.10. The van der Waals surface area contributed by atoms with E-state index in [1.54, 1.807) is 0 Å². The average molecular weight is 1130 g/mol. The number of nitrogens with zero attached hydrogens (tertiary/aromatic N) is 5. The standard InChI is InChI=1S/C38H27N3.C21H15N.C18H14BrN/c1-4-13-29(14-5-1)39-26-25-28-23-24-35-34-21-10-11-22-36(34)41(38(35)37(28)39)33-20-12-19-32(27-33)40(30-15-6-2-7-16-30)31-17-8-3-9-18-31;1-2-7-17(8-3-1)22-13-12-15-10-11-19-18-9-5-4-6-16(18)14-20(19)21(15)22;19-15-8-7-13-18(14-15)20(16-9-3-1-4-10-16)17-11-5-2-6-12-17/h1-27H;1-13H,14H2;1-14H. The SMILES string of the molecule is Brc1cccc(N(c2ccccc2)c2ccccc2)c1.c1ccc(-n2ccc3ccc4c(c32)Cc2ccccc2-4)cc1.c1ccc(N(c2ccccc2)c2cccc(-n3c4ccccc4c4ccc5ccn(-c6ccccc6)c5c43)c2)cc1. The molecule has 83 heavy (non-hydrogen) atoms. The van der Waals surface area contributed by atoms with Crippen molar-refractivity contribution >= 4 is 93.7 Å². The molecule has 0 saturated heterocycles. The first-order chi connectivity index (χ1) is 41.1. The second-order valence-electron chi connectivity index (χ2n) is 20.7. The summed E-state index contributed by atoms with van der Waals surface area (Å²) >= 11 is 3.55. The Balaban J connectivity index is 0.000000123. The minimum Gasteiger partial charge on any atom is -0.316 e. The minimum atomic E-state index is 1.03. The van der Waals surface area contributed by atoms with Crippen LogP contribution in [0.3, 0.4) is 0 Å². The smallest absolute Gasteiger partial charge is 0.0788 e. The van der Waals surface area contributed by atoms with Crippen molar-refractivity contribution in [3.05, 3.63) is 343 Å². The summed E-state index contributed by atoms with van der Waals surface area (Å²) < 4.78 is 8.15. The largest absolute Gasteiger partial charge is 0.316 e. The number of para-hydroxylation sites is 7. The van der Waals surface area contributed by atoms with Gasteiger partial charge in [0.05, 0.1) is 22.1 Å². The number of hydrogen-bond donors (Lipinski definition) is 0. The van der Waals surface area contributed by atoms with Crippen LogP contribution in [0.1, 0.15) is 11.1 Å². The first-order valence-electron chi connectivity index (χ1n) is 28.1. The summed E-state index contributed by atoms with van der Waals surface area (Å²) in [4.78, 5) is 4.56. The fourth-order valence-corrected chi connectivity index (χ4v) is 12.4. The number of fused-ring (bicyclic) bond motifs is 10. The molecule has 396 valence electrons. The third-order valence-corrected chi connectivity index (χ3v) is 16.2. The predicted octanol–water partition coefficient (Wildman–Crippen LogP) is 21.3. The highest BCUT2D eigenvalue weighted by atomic mass is 79.9. The number of halogens is 1. The Kier molecular flexibility index (Phi) is 13.8. The molecule has 0 amide bonds. The number of benzene rings is 12. The van der Waals surface area contributed by atoms with Gasteiger partial charge in [-0.15, -0.1) is 0 Å². The lowest BCUT2D eigenvalue weighted by molar-refractivity contribution is 1.11. The van der Waals surface area contributed by atoms with Crippen molar-refractivity contribution in [3.63, 3.8) is 0 Å². The summed E-state index contributed by atoms with van der Waals surface area (Å²) in [6.45, 7) is 0. The maximum Gasteiger partial charge on any atom is 0.0788 e. The number of aromatic nitrogens is 3. The van der Waals surface area contributed by atoms with Crippen molar-refractivity contribution in [1.29, 1.82) is 0 Å². The number of anilines is 6. The number of hydrogen-bond acceptors (Lipinski definition) is 2. The molecule has 0 aliphatic heterocycles. The summed E-state index contributed by atoms with van der Waals surface area (Å²) in [5, 5.41) is 5.03. The predicted molar refractivity (Wildman–Crippen MR) is 353 cm³/mol. The van der Waals surface area contributed by atoms with Crippen LogP contribution in [-0.2, 0) is 6.42 Å². The molecule has 5 nitrogen and oxygen atoms in total. The van der Waals surface area contributed by atoms with Crippen molar-refractivity contribution in [1.82, 2.24) is 13.7 Å². The van der Waals surface area contributed by atoms with Gasteiger partial charge in [0.2, 0.25) is 0 Å². The fourth-order valence-electron chi connectivity index (χ4n) is 12.0. The van der Waals surface area contributed by atoms with Crippen molar-refractivity contribution in [2.45, 2.75) is 6.42 Å². The number of rotatable bonds is 9. The molecule has 1 aliphatic carbocycles. The van der Waals surface area contributed by atoms with Gasteiger partial charge in [0.1, 0.15) is 0 Å². The second kappa shape index (κ2) is 22.6. The van der Waals surface area contributed by atoms with Crippen molar-refractivity contribution in [3.8, 4) is 28.2 Å². The van der Waals surface area contributed by atoms with Gasteiger partial charge in [-0.25, -0.2) is 0 Å². The van der Waals surface area contributed by atoms with E-state index in [4.69, 9.17) is 0 Å². The summed E-state index contributed by atoms with van der Waals surface area (Å²) in [7, 11) is 0. The van der Waals surface area contributed by atoms with E-state index >= 15 is 0 Å². The molecule has 6 heteroatoms. The molecule has 3 aromatic heterocycles. The molecule has 0 bridgehead atoms. The first-order valence-corrected chi connectivity index (χ1v) is 28.9. The van der Waals surface area contributed by atoms with Crippen LogP contribution < -0.4 is 9.80 Å². The van der Waals surface area contributed by atoms with Gasteiger partial charge in [-0.3, -0.25) is 0 Å². The Hall–Kier alpha value is -10.4. The highest BCUT2D eigenvalue weighted by molar-refractivity contribution is 9.10. The third kappa shape index (κ3) is 9.86. The highest BCUT2D eigenvalue weighted by Gasteiger charge is 2.23. The van der Waals surface area contributed by atoms with E-state index in [1.807, 2.05) is 18.2 Å². The summed E-state index contributed by atoms with van der Waals surface area (Å²) in [6, 6.07) is 111. The van der Waals surface area contributed by atoms with Crippen molar-refractivity contribution < 1.29 is 0 Å². The van der Waals surface area contributed by atoms with Crippen molar-refractivity contribution in [2.75, 3.05) is 9.80 Å². The third-order valence-electron chi connectivity index (χ3n) is 15.7. The Bertz CT molecular complexity index is 4630. The molecule has 0 fully saturated rings. The fraction of sp³-hybridized carbons (Fsp3) is 0.0130. The zero-order chi connectivity index (χ0) is 55.5. The Morgan fingerprint density at radius 2 is 0.747 bits per heavy atom. The highest BCUT2D eigenvalue weighted by Crippen LogP contribution is 2.43. The van der Waals surface area contributed by atoms with Crippen LogP contribution >= 0.6 is 15.9 Å². The lowest BCUT2D eigenvalue weighted by Gasteiger charge is -2.26. The molecule has 0 N–H and O–H groups in total. The summed E-state index contributed by atoms with van der Waals surface area (Å²) in [6.07, 6.45) is 5.40.